The summed E-state index contributed by atoms with van der Waals surface area (Å²) in [5.41, 5.74) is 1.62. The zero-order chi connectivity index (χ0) is 23.5. The number of hydrogen-bond acceptors (Lipinski definition) is 6. The van der Waals surface area contributed by atoms with Gasteiger partial charge in [0, 0.05) is 34.9 Å². The maximum absolute atomic E-state index is 13.4. The Hall–Kier alpha value is -4.53. The molecule has 33 heavy (non-hydrogen) atoms. The molecular formula is C24H19N3O6. The third-order valence-electron chi connectivity index (χ3n) is 5.32. The standard InChI is InChI=1S/C24H19N3O6/c1-33-21-11-10-15(27(31)32)12-14(21)13-20(24(29)30)26-23(28)22-16-6-2-4-8-18(16)25-19-9-5-3-7-17(19)22/h2-12,20H,13H2,1H3,(H,26,28)(H,29,30)/t20-/m0/s1. The van der Waals surface area contributed by atoms with Crippen LogP contribution in [0.4, 0.5) is 5.69 Å². The Morgan fingerprint density at radius 3 is 2.21 bits per heavy atom. The number of pyridine rings is 1. The van der Waals surface area contributed by atoms with Crippen molar-refractivity contribution in [3.63, 3.8) is 0 Å². The van der Waals surface area contributed by atoms with Crippen LogP contribution in [0.2, 0.25) is 0 Å². The number of nitrogens with zero attached hydrogens (tertiary/aromatic N) is 2. The molecule has 166 valence electrons. The average Bonchev–Trinajstić information content (AvgIpc) is 2.81. The molecule has 9 nitrogen and oxygen atoms in total. The molecule has 0 aliphatic carbocycles. The average molecular weight is 445 g/mol. The molecule has 0 saturated carbocycles. The third-order valence-corrected chi connectivity index (χ3v) is 5.32. The molecule has 0 unspecified atom stereocenters. The first-order valence-electron chi connectivity index (χ1n) is 10.0. The Morgan fingerprint density at radius 1 is 1.06 bits per heavy atom. The molecule has 1 amide bonds. The van der Waals surface area contributed by atoms with E-state index in [-0.39, 0.29) is 12.1 Å². The van der Waals surface area contributed by atoms with Crippen molar-refractivity contribution in [3.05, 3.63) is 88.0 Å². The number of para-hydroxylation sites is 2. The maximum Gasteiger partial charge on any atom is 0.326 e. The largest absolute Gasteiger partial charge is 0.496 e. The minimum Gasteiger partial charge on any atom is -0.496 e. The van der Waals surface area contributed by atoms with Crippen LogP contribution in [0.3, 0.4) is 0 Å². The molecule has 0 bridgehead atoms. The van der Waals surface area contributed by atoms with Crippen LogP contribution < -0.4 is 10.1 Å². The van der Waals surface area contributed by atoms with E-state index in [1.807, 2.05) is 0 Å². The lowest BCUT2D eigenvalue weighted by Crippen LogP contribution is -2.42. The van der Waals surface area contributed by atoms with Crippen molar-refractivity contribution in [2.45, 2.75) is 12.5 Å². The van der Waals surface area contributed by atoms with Gasteiger partial charge in [-0.15, -0.1) is 0 Å². The predicted octanol–water partition coefficient (Wildman–Crippen LogP) is 3.73. The van der Waals surface area contributed by atoms with Gasteiger partial charge < -0.3 is 15.2 Å². The van der Waals surface area contributed by atoms with Gasteiger partial charge >= 0.3 is 5.97 Å². The molecule has 3 aromatic carbocycles. The number of methoxy groups -OCH3 is 1. The molecule has 9 heteroatoms. The highest BCUT2D eigenvalue weighted by molar-refractivity contribution is 6.16. The van der Waals surface area contributed by atoms with Crippen LogP contribution in [-0.2, 0) is 11.2 Å². The molecule has 2 N–H and O–H groups in total. The van der Waals surface area contributed by atoms with E-state index in [1.165, 1.54) is 25.3 Å². The highest BCUT2D eigenvalue weighted by Crippen LogP contribution is 2.27. The summed E-state index contributed by atoms with van der Waals surface area (Å²) in [5.74, 6) is -1.57. The van der Waals surface area contributed by atoms with E-state index >= 15 is 0 Å². The van der Waals surface area contributed by atoms with Crippen molar-refractivity contribution >= 4 is 39.4 Å². The first kappa shape index (κ1) is 21.7. The second-order valence-corrected chi connectivity index (χ2v) is 7.34. The monoisotopic (exact) mass is 445 g/mol. The lowest BCUT2D eigenvalue weighted by atomic mass is 10.00. The minimum absolute atomic E-state index is 0.201. The number of rotatable bonds is 7. The molecule has 0 fully saturated rings. The first-order chi connectivity index (χ1) is 15.9. The molecular weight excluding hydrogens is 426 g/mol. The summed E-state index contributed by atoms with van der Waals surface area (Å²) >= 11 is 0. The van der Waals surface area contributed by atoms with Gasteiger partial charge in [0.05, 0.1) is 28.6 Å². The van der Waals surface area contributed by atoms with Crippen molar-refractivity contribution in [3.8, 4) is 5.75 Å². The molecule has 4 rings (SSSR count). The third kappa shape index (κ3) is 4.29. The highest BCUT2D eigenvalue weighted by atomic mass is 16.6. The number of benzene rings is 3. The van der Waals surface area contributed by atoms with E-state index in [2.05, 4.69) is 10.3 Å². The van der Waals surface area contributed by atoms with E-state index in [4.69, 9.17) is 4.74 Å². The predicted molar refractivity (Wildman–Crippen MR) is 121 cm³/mol. The molecule has 0 spiro atoms. The normalized spacial score (nSPS) is 11.8. The number of aromatic nitrogens is 1. The number of nitro benzene ring substituents is 1. The van der Waals surface area contributed by atoms with Gasteiger partial charge in [0.2, 0.25) is 0 Å². The molecule has 0 aliphatic rings. The fraction of sp³-hybridized carbons (Fsp3) is 0.125. The topological polar surface area (TPSA) is 132 Å². The number of nitro groups is 1. The summed E-state index contributed by atoms with van der Waals surface area (Å²) in [6.07, 6.45) is -0.202. The molecule has 0 saturated heterocycles. The number of nitrogens with one attached hydrogen (secondary N) is 1. The fourth-order valence-corrected chi connectivity index (χ4v) is 3.77. The summed E-state index contributed by atoms with van der Waals surface area (Å²) in [7, 11) is 1.38. The number of ether oxygens (including phenoxy) is 1. The Labute approximate surface area is 187 Å². The van der Waals surface area contributed by atoms with E-state index in [9.17, 15) is 24.8 Å². The van der Waals surface area contributed by atoms with Crippen LogP contribution in [0, 0.1) is 10.1 Å². The molecule has 0 aliphatic heterocycles. The summed E-state index contributed by atoms with van der Waals surface area (Å²) in [4.78, 5) is 40.5. The number of carboxylic acids is 1. The summed E-state index contributed by atoms with van der Waals surface area (Å²) < 4.78 is 5.23. The number of carbonyl (C=O) groups is 2. The van der Waals surface area contributed by atoms with Gasteiger partial charge in [0.15, 0.2) is 0 Å². The van der Waals surface area contributed by atoms with Crippen LogP contribution in [0.15, 0.2) is 66.7 Å². The Bertz CT molecular complexity index is 1350. The van der Waals surface area contributed by atoms with Gasteiger partial charge in [-0.3, -0.25) is 14.9 Å². The summed E-state index contributed by atoms with van der Waals surface area (Å²) in [6, 6.07) is 16.8. The van der Waals surface area contributed by atoms with Crippen molar-refractivity contribution in [1.82, 2.24) is 10.3 Å². The van der Waals surface area contributed by atoms with Crippen LogP contribution >= 0.6 is 0 Å². The second-order valence-electron chi connectivity index (χ2n) is 7.34. The van der Waals surface area contributed by atoms with Gasteiger partial charge in [-0.05, 0) is 18.2 Å². The molecule has 0 radical (unpaired) electrons. The van der Waals surface area contributed by atoms with Crippen molar-refractivity contribution in [2.24, 2.45) is 0 Å². The van der Waals surface area contributed by atoms with Crippen LogP contribution in [0.1, 0.15) is 15.9 Å². The van der Waals surface area contributed by atoms with Crippen molar-refractivity contribution in [1.29, 1.82) is 0 Å². The zero-order valence-corrected chi connectivity index (χ0v) is 17.5. The lowest BCUT2D eigenvalue weighted by Gasteiger charge is -2.18. The number of non-ortho nitro benzene ring substituents is 1. The van der Waals surface area contributed by atoms with Crippen LogP contribution in [0.25, 0.3) is 21.8 Å². The summed E-state index contributed by atoms with van der Waals surface area (Å²) in [5, 5.41) is 24.7. The number of amides is 1. The quantitative estimate of drug-likeness (QED) is 0.252. The Balaban J connectivity index is 1.74. The molecule has 1 atom stereocenters. The van der Waals surface area contributed by atoms with E-state index < -0.39 is 22.8 Å². The van der Waals surface area contributed by atoms with Gasteiger partial charge in [0.1, 0.15) is 11.8 Å². The molecule has 1 heterocycles. The van der Waals surface area contributed by atoms with Crippen LogP contribution in [0.5, 0.6) is 5.75 Å². The van der Waals surface area contributed by atoms with Gasteiger partial charge in [0.25, 0.3) is 11.6 Å². The van der Waals surface area contributed by atoms with Crippen molar-refractivity contribution < 1.29 is 24.4 Å². The van der Waals surface area contributed by atoms with E-state index in [0.29, 0.717) is 38.7 Å². The van der Waals surface area contributed by atoms with Crippen molar-refractivity contribution in [2.75, 3.05) is 7.11 Å². The maximum atomic E-state index is 13.4. The van der Waals surface area contributed by atoms with Crippen LogP contribution in [-0.4, -0.2) is 40.0 Å². The zero-order valence-electron chi connectivity index (χ0n) is 17.5. The second kappa shape index (κ2) is 8.91. The number of fused-ring (bicyclic) bond motifs is 2. The Kier molecular flexibility index (Phi) is 5.86. The summed E-state index contributed by atoms with van der Waals surface area (Å²) in [6.45, 7) is 0. The lowest BCUT2D eigenvalue weighted by molar-refractivity contribution is -0.384. The highest BCUT2D eigenvalue weighted by Gasteiger charge is 2.26. The molecule has 4 aromatic rings. The van der Waals surface area contributed by atoms with Gasteiger partial charge in [-0.1, -0.05) is 36.4 Å². The number of hydrogen-bond donors (Lipinski definition) is 2. The fourth-order valence-electron chi connectivity index (χ4n) is 3.77. The number of carboxylic acid groups (broad SMARTS) is 1. The van der Waals surface area contributed by atoms with E-state index in [1.54, 1.807) is 48.5 Å². The molecule has 1 aromatic heterocycles. The first-order valence-corrected chi connectivity index (χ1v) is 10.0. The van der Waals surface area contributed by atoms with Gasteiger partial charge in [-0.2, -0.15) is 0 Å². The Morgan fingerprint density at radius 2 is 1.67 bits per heavy atom. The number of aliphatic carboxylic acids is 1. The SMILES string of the molecule is COc1ccc([N+](=O)[O-])cc1C[C@H](NC(=O)c1c2ccccc2nc2ccccc12)C(=O)O. The number of carbonyl (C=O) groups excluding carboxylic acids is 1. The minimum atomic E-state index is -1.35. The van der Waals surface area contributed by atoms with E-state index in [0.717, 1.165) is 0 Å². The van der Waals surface area contributed by atoms with Gasteiger partial charge in [-0.25, -0.2) is 9.78 Å². The smallest absolute Gasteiger partial charge is 0.326 e.